The molecule has 0 fully saturated rings. The van der Waals surface area contributed by atoms with Crippen molar-refractivity contribution in [3.05, 3.63) is 60.2 Å². The molecule has 150 valence electrons. The number of anilines is 1. The summed E-state index contributed by atoms with van der Waals surface area (Å²) in [7, 11) is 1.63. The monoisotopic (exact) mass is 408 g/mol. The predicted molar refractivity (Wildman–Crippen MR) is 106 cm³/mol. The highest BCUT2D eigenvalue weighted by atomic mass is 32.2. The predicted octanol–water partition coefficient (Wildman–Crippen LogP) is 3.56. The van der Waals surface area contributed by atoms with Gasteiger partial charge in [-0.1, -0.05) is 12.1 Å². The number of rotatable bonds is 9. The van der Waals surface area contributed by atoms with Gasteiger partial charge in [-0.25, -0.2) is 8.78 Å². The average molecular weight is 408 g/mol. The van der Waals surface area contributed by atoms with Gasteiger partial charge in [-0.2, -0.15) is 0 Å². The average Bonchev–Trinajstić information content (AvgIpc) is 2.68. The zero-order valence-electron chi connectivity index (χ0n) is 15.7. The Morgan fingerprint density at radius 3 is 2.50 bits per heavy atom. The van der Waals surface area contributed by atoms with Gasteiger partial charge in [0.15, 0.2) is 11.6 Å². The fraction of sp³-hybridized carbons (Fsp3) is 0.300. The van der Waals surface area contributed by atoms with Crippen LogP contribution in [0.1, 0.15) is 6.92 Å². The minimum absolute atomic E-state index is 0.0872. The number of likely N-dealkylation sites (N-methyl/N-ethyl adjacent to an activating group) is 1. The van der Waals surface area contributed by atoms with Crippen LogP contribution >= 0.6 is 11.8 Å². The van der Waals surface area contributed by atoms with Crippen molar-refractivity contribution >= 4 is 29.3 Å². The van der Waals surface area contributed by atoms with Gasteiger partial charge in [-0.05, 0) is 43.3 Å². The second-order valence-corrected chi connectivity index (χ2v) is 7.38. The van der Waals surface area contributed by atoms with Crippen LogP contribution in [0.4, 0.5) is 14.5 Å². The van der Waals surface area contributed by atoms with Crippen LogP contribution in [0.25, 0.3) is 0 Å². The van der Waals surface area contributed by atoms with E-state index in [1.54, 1.807) is 26.1 Å². The van der Waals surface area contributed by atoms with Crippen molar-refractivity contribution in [1.29, 1.82) is 0 Å². The van der Waals surface area contributed by atoms with E-state index in [9.17, 15) is 18.4 Å². The Morgan fingerprint density at radius 2 is 1.82 bits per heavy atom. The lowest BCUT2D eigenvalue weighted by atomic mass is 10.3. The molecule has 0 spiro atoms. The zero-order valence-corrected chi connectivity index (χ0v) is 16.5. The summed E-state index contributed by atoms with van der Waals surface area (Å²) in [5, 5.41) is 2.21. The Morgan fingerprint density at radius 1 is 1.14 bits per heavy atom. The molecule has 0 aliphatic rings. The first-order valence-electron chi connectivity index (χ1n) is 8.66. The molecule has 2 rings (SSSR count). The quantitative estimate of drug-likeness (QED) is 0.689. The molecule has 0 heterocycles. The second-order valence-electron chi connectivity index (χ2n) is 6.05. The van der Waals surface area contributed by atoms with E-state index in [1.165, 1.54) is 53.1 Å². The molecule has 5 nitrogen and oxygen atoms in total. The van der Waals surface area contributed by atoms with Gasteiger partial charge in [0.25, 0.3) is 0 Å². The first kappa shape index (κ1) is 21.7. The Kier molecular flexibility index (Phi) is 8.25. The van der Waals surface area contributed by atoms with Crippen molar-refractivity contribution in [3.63, 3.8) is 0 Å². The SMILES string of the molecule is CC(SCC(=O)Nc1ccc(F)cc1)C(=O)N(C)CCOc1ccccc1F. The standard InChI is InChI=1S/C20H22F2N2O3S/c1-14(28-13-19(25)23-16-9-7-15(21)8-10-16)20(26)24(2)11-12-27-18-6-4-3-5-17(18)22/h3-10,14H,11-13H2,1-2H3,(H,23,25). The summed E-state index contributed by atoms with van der Waals surface area (Å²) >= 11 is 1.20. The Hall–Kier alpha value is -2.61. The van der Waals surface area contributed by atoms with E-state index >= 15 is 0 Å². The van der Waals surface area contributed by atoms with Crippen molar-refractivity contribution in [2.45, 2.75) is 12.2 Å². The molecule has 2 aromatic rings. The number of carbonyl (C=O) groups is 2. The molecule has 1 atom stereocenters. The van der Waals surface area contributed by atoms with Crippen LogP contribution in [-0.2, 0) is 9.59 Å². The van der Waals surface area contributed by atoms with Gasteiger partial charge < -0.3 is 15.0 Å². The highest BCUT2D eigenvalue weighted by Crippen LogP contribution is 2.16. The molecule has 1 N–H and O–H groups in total. The first-order chi connectivity index (χ1) is 13.4. The maximum absolute atomic E-state index is 13.5. The Balaban J connectivity index is 1.71. The minimum atomic E-state index is -0.451. The van der Waals surface area contributed by atoms with Gasteiger partial charge in [-0.15, -0.1) is 11.8 Å². The van der Waals surface area contributed by atoms with Crippen molar-refractivity contribution in [1.82, 2.24) is 4.90 Å². The number of thioether (sulfide) groups is 1. The van der Waals surface area contributed by atoms with Crippen molar-refractivity contribution in [3.8, 4) is 5.75 Å². The number of carbonyl (C=O) groups excluding carboxylic acids is 2. The zero-order chi connectivity index (χ0) is 20.5. The van der Waals surface area contributed by atoms with Gasteiger partial charge in [0.2, 0.25) is 11.8 Å². The molecule has 0 radical (unpaired) electrons. The van der Waals surface area contributed by atoms with Crippen LogP contribution in [0.2, 0.25) is 0 Å². The van der Waals surface area contributed by atoms with Crippen molar-refractivity contribution in [2.75, 3.05) is 31.3 Å². The third-order valence-corrected chi connectivity index (χ3v) is 4.97. The van der Waals surface area contributed by atoms with Crippen LogP contribution in [0, 0.1) is 11.6 Å². The second kappa shape index (κ2) is 10.7. The molecule has 0 aliphatic heterocycles. The summed E-state index contributed by atoms with van der Waals surface area (Å²) in [5.74, 6) is -1.04. The molecule has 0 aliphatic carbocycles. The number of hydrogen-bond acceptors (Lipinski definition) is 4. The molecule has 0 saturated heterocycles. The number of hydrogen-bond donors (Lipinski definition) is 1. The number of nitrogens with zero attached hydrogens (tertiary/aromatic N) is 1. The van der Waals surface area contributed by atoms with Gasteiger partial charge >= 0.3 is 0 Å². The molecule has 8 heteroatoms. The van der Waals surface area contributed by atoms with Gasteiger partial charge in [0.1, 0.15) is 12.4 Å². The third-order valence-electron chi connectivity index (χ3n) is 3.84. The van der Waals surface area contributed by atoms with Crippen molar-refractivity contribution < 1.29 is 23.1 Å². The van der Waals surface area contributed by atoms with E-state index in [4.69, 9.17) is 4.74 Å². The van der Waals surface area contributed by atoms with E-state index in [2.05, 4.69) is 5.32 Å². The number of para-hydroxylation sites is 1. The fourth-order valence-electron chi connectivity index (χ4n) is 2.28. The number of nitrogens with one attached hydrogen (secondary N) is 1. The van der Waals surface area contributed by atoms with E-state index in [0.29, 0.717) is 12.2 Å². The van der Waals surface area contributed by atoms with Crippen molar-refractivity contribution in [2.24, 2.45) is 0 Å². The van der Waals surface area contributed by atoms with Crippen LogP contribution in [-0.4, -0.2) is 47.9 Å². The molecule has 1 unspecified atom stereocenters. The molecule has 2 amide bonds. The summed E-state index contributed by atoms with van der Waals surface area (Å²) in [4.78, 5) is 25.8. The fourth-order valence-corrected chi connectivity index (χ4v) is 3.07. The molecular formula is C20H22F2N2O3S. The van der Waals surface area contributed by atoms with Crippen LogP contribution in [0.15, 0.2) is 48.5 Å². The van der Waals surface area contributed by atoms with Gasteiger partial charge in [-0.3, -0.25) is 9.59 Å². The van der Waals surface area contributed by atoms with Crippen LogP contribution < -0.4 is 10.1 Å². The topological polar surface area (TPSA) is 58.6 Å². The summed E-state index contributed by atoms with van der Waals surface area (Å²) in [6.45, 7) is 2.16. The van der Waals surface area contributed by atoms with E-state index in [1.807, 2.05) is 0 Å². The van der Waals surface area contributed by atoms with Gasteiger partial charge in [0, 0.05) is 12.7 Å². The largest absolute Gasteiger partial charge is 0.489 e. The molecule has 0 saturated carbocycles. The number of benzene rings is 2. The van der Waals surface area contributed by atoms with E-state index in [0.717, 1.165) is 0 Å². The summed E-state index contributed by atoms with van der Waals surface area (Å²) < 4.78 is 31.7. The Bertz CT molecular complexity index is 802. The van der Waals surface area contributed by atoms with E-state index in [-0.39, 0.29) is 35.7 Å². The lowest BCUT2D eigenvalue weighted by Gasteiger charge is -2.21. The molecule has 0 bridgehead atoms. The highest BCUT2D eigenvalue weighted by molar-refractivity contribution is 8.01. The Labute approximate surface area is 167 Å². The van der Waals surface area contributed by atoms with Crippen LogP contribution in [0.3, 0.4) is 0 Å². The molecule has 0 aromatic heterocycles. The first-order valence-corrected chi connectivity index (χ1v) is 9.71. The molecule has 2 aromatic carbocycles. The number of amides is 2. The highest BCUT2D eigenvalue weighted by Gasteiger charge is 2.19. The summed E-state index contributed by atoms with van der Waals surface area (Å²) in [5.41, 5.74) is 0.494. The number of ether oxygens (including phenoxy) is 1. The molecular weight excluding hydrogens is 386 g/mol. The molecule has 28 heavy (non-hydrogen) atoms. The smallest absolute Gasteiger partial charge is 0.235 e. The van der Waals surface area contributed by atoms with E-state index < -0.39 is 11.1 Å². The van der Waals surface area contributed by atoms with Gasteiger partial charge in [0.05, 0.1) is 17.5 Å². The summed E-state index contributed by atoms with van der Waals surface area (Å²) in [6.07, 6.45) is 0. The maximum atomic E-state index is 13.5. The lowest BCUT2D eigenvalue weighted by Crippen LogP contribution is -2.36. The minimum Gasteiger partial charge on any atom is -0.489 e. The van der Waals surface area contributed by atoms with Crippen LogP contribution in [0.5, 0.6) is 5.75 Å². The third kappa shape index (κ3) is 6.84. The summed E-state index contributed by atoms with van der Waals surface area (Å²) in [6, 6.07) is 11.5. The number of halogens is 2. The normalized spacial score (nSPS) is 11.6. The lowest BCUT2D eigenvalue weighted by molar-refractivity contribution is -0.129. The maximum Gasteiger partial charge on any atom is 0.235 e.